The number of nitrogen functional groups attached to an aromatic ring is 1. The van der Waals surface area contributed by atoms with Crippen molar-refractivity contribution in [2.45, 2.75) is 78.0 Å². The lowest BCUT2D eigenvalue weighted by molar-refractivity contribution is -0.145. The van der Waals surface area contributed by atoms with E-state index in [1.807, 2.05) is 0 Å². The number of nitrogens with one attached hydrogen (secondary N) is 2. The van der Waals surface area contributed by atoms with Gasteiger partial charge in [0, 0.05) is 39.6 Å². The molecule has 0 bridgehead atoms. The van der Waals surface area contributed by atoms with Gasteiger partial charge in [0.05, 0.1) is 44.9 Å². The Labute approximate surface area is 441 Å². The predicted molar refractivity (Wildman–Crippen MR) is 279 cm³/mol. The zero-order valence-electron chi connectivity index (χ0n) is 40.9. The molecule has 3 unspecified atom stereocenters. The Morgan fingerprint density at radius 3 is 1.66 bits per heavy atom. The molecule has 22 nitrogen and oxygen atoms in total. The average Bonchev–Trinajstić information content (AvgIpc) is 3.85. The number of fused-ring (bicyclic) bond motifs is 1. The first-order valence-electron chi connectivity index (χ1n) is 22.4. The Bertz CT molecular complexity index is 2720. The van der Waals surface area contributed by atoms with Gasteiger partial charge >= 0.3 is 38.6 Å². The molecule has 29 heteroatoms. The number of carbonyl (C=O) groups excluding carboxylic acids is 3. The van der Waals surface area contributed by atoms with Crippen molar-refractivity contribution in [3.8, 4) is 17.2 Å². The van der Waals surface area contributed by atoms with E-state index in [0.717, 1.165) is 0 Å². The van der Waals surface area contributed by atoms with Gasteiger partial charge in [-0.2, -0.15) is 5.09 Å². The molecule has 0 spiro atoms. The summed E-state index contributed by atoms with van der Waals surface area (Å²) in [4.78, 5) is 46.0. The molecule has 1 aliphatic carbocycles. The normalized spacial score (nSPS) is 18.8. The molecule has 6 rings (SSSR count). The molecular weight excluding hydrogens is 1090 g/mol. The fraction of sp³-hybridized carbons (Fsp3) is 0.378. The van der Waals surface area contributed by atoms with E-state index in [2.05, 4.69) is 41.0 Å². The van der Waals surface area contributed by atoms with Crippen LogP contribution in [-0.4, -0.2) is 99.4 Å². The van der Waals surface area contributed by atoms with Crippen LogP contribution in [0.2, 0.25) is 0 Å². The highest BCUT2D eigenvalue weighted by Gasteiger charge is 2.49. The molecule has 0 radical (unpaired) electrons. The Hall–Kier alpha value is -5.15. The van der Waals surface area contributed by atoms with Crippen molar-refractivity contribution in [1.29, 1.82) is 0 Å². The van der Waals surface area contributed by atoms with Crippen molar-refractivity contribution in [3.05, 3.63) is 116 Å². The van der Waals surface area contributed by atoms with Gasteiger partial charge in [-0.25, -0.2) is 38.1 Å². The van der Waals surface area contributed by atoms with Crippen LogP contribution in [0, 0.1) is 5.92 Å². The smallest absolute Gasteiger partial charge is 0.459 e. The summed E-state index contributed by atoms with van der Waals surface area (Å²) in [5.41, 5.74) is 11.8. The van der Waals surface area contributed by atoms with Crippen LogP contribution in [0.25, 0.3) is 11.2 Å². The number of aliphatic hydroxyl groups is 1. The van der Waals surface area contributed by atoms with Crippen molar-refractivity contribution in [1.82, 2.24) is 29.7 Å². The summed E-state index contributed by atoms with van der Waals surface area (Å²) in [6.45, 7) is 10.3. The molecule has 1 saturated carbocycles. The molecule has 3 aromatic carbocycles. The second-order valence-electron chi connectivity index (χ2n) is 15.3. The number of aromatic nitrogens is 4. The van der Waals surface area contributed by atoms with Crippen molar-refractivity contribution in [3.63, 3.8) is 0 Å². The fourth-order valence-electron chi connectivity index (χ4n) is 6.18. The summed E-state index contributed by atoms with van der Waals surface area (Å²) in [5.74, 6) is -1.40. The molecule has 5 aromatic rings. The van der Waals surface area contributed by atoms with Gasteiger partial charge in [0.25, 0.3) is 0 Å². The van der Waals surface area contributed by atoms with Gasteiger partial charge in [0.2, 0.25) is 0 Å². The lowest BCUT2D eigenvalue weighted by atomic mass is 10.0. The van der Waals surface area contributed by atoms with Gasteiger partial charge in [-0.05, 0) is 83.5 Å². The Morgan fingerprint density at radius 2 is 1.20 bits per heavy atom. The highest BCUT2D eigenvalue weighted by molar-refractivity contribution is 8.05. The van der Waals surface area contributed by atoms with Crippen LogP contribution in [-0.2, 0) is 46.8 Å². The zero-order chi connectivity index (χ0) is 55.2. The minimum Gasteiger partial charge on any atom is -0.465 e. The van der Waals surface area contributed by atoms with Crippen LogP contribution < -0.4 is 35.2 Å². The maximum absolute atomic E-state index is 15.4. The summed E-state index contributed by atoms with van der Waals surface area (Å²) in [6, 6.07) is 21.8. The third kappa shape index (κ3) is 20.9. The van der Waals surface area contributed by atoms with Crippen LogP contribution in [0.4, 0.5) is 10.2 Å². The first kappa shape index (κ1) is 63.1. The average molecular weight is 1150 g/mol. The van der Waals surface area contributed by atoms with Crippen LogP contribution in [0.3, 0.4) is 0 Å². The molecular formula is C45H59Cl3FN8O14P3. The largest absolute Gasteiger partial charge is 0.465 e. The first-order valence-corrected chi connectivity index (χ1v) is 29.9. The quantitative estimate of drug-likeness (QED) is 0.0210. The first-order chi connectivity index (χ1) is 34.9. The summed E-state index contributed by atoms with van der Waals surface area (Å²) < 4.78 is 88.4. The SMILES string of the molecule is C=C1[C@@H](n2cnc3c(N)ncnc32)C(F)[C@@H](O)[C@H]1COP(=O)(N[C@H](C)C(=O)OCC)Oc1ccccc1.CCOC(=O)[C@@H](C)N.CCOC(=O)[C@@H](C)NP(=O)(Cl)Oc1ccccc1.O=P(Cl)(Cl)Oc1ccccc1. The van der Waals surface area contributed by atoms with E-state index in [9.17, 15) is 33.2 Å². The Kier molecular flexibility index (Phi) is 26.0. The molecule has 74 heavy (non-hydrogen) atoms. The number of anilines is 1. The number of benzene rings is 3. The van der Waals surface area contributed by atoms with E-state index in [1.54, 1.807) is 119 Å². The van der Waals surface area contributed by atoms with Gasteiger partial charge in [-0.1, -0.05) is 61.2 Å². The highest BCUT2D eigenvalue weighted by atomic mass is 35.9. The Morgan fingerprint density at radius 1 is 0.743 bits per heavy atom. The van der Waals surface area contributed by atoms with Crippen LogP contribution in [0.1, 0.15) is 47.6 Å². The van der Waals surface area contributed by atoms with Gasteiger partial charge < -0.3 is 48.9 Å². The highest BCUT2D eigenvalue weighted by Crippen LogP contribution is 2.57. The Balaban J connectivity index is 0.000000320. The van der Waals surface area contributed by atoms with Gasteiger partial charge in [0.15, 0.2) is 17.6 Å². The van der Waals surface area contributed by atoms with Crippen molar-refractivity contribution >= 4 is 89.3 Å². The minimum absolute atomic E-state index is 0.127. The van der Waals surface area contributed by atoms with E-state index in [4.69, 9.17) is 68.2 Å². The monoisotopic (exact) mass is 1150 g/mol. The lowest BCUT2D eigenvalue weighted by Crippen LogP contribution is -2.36. The lowest BCUT2D eigenvalue weighted by Gasteiger charge is -2.25. The number of hydrogen-bond acceptors (Lipinski definition) is 19. The van der Waals surface area contributed by atoms with Crippen molar-refractivity contribution in [2.24, 2.45) is 11.7 Å². The van der Waals surface area contributed by atoms with E-state index in [0.29, 0.717) is 18.1 Å². The number of halogens is 4. The number of carbonyl (C=O) groups is 3. The molecule has 0 amide bonds. The molecule has 0 aliphatic heterocycles. The molecule has 2 heterocycles. The third-order valence-electron chi connectivity index (χ3n) is 9.54. The van der Waals surface area contributed by atoms with Crippen LogP contribution in [0.5, 0.6) is 17.2 Å². The minimum atomic E-state index is -4.21. The standard InChI is InChI=1S/C23H28FN6O6P.C11H15ClNO4P.C6H5Cl2O2P.C5H11NO2/c1-4-34-23(32)14(3)29-37(33,36-15-8-6-5-7-9-15)35-10-16-13(2)19(17(24)20(16)31)30-12-28-18-21(25)26-11-27-22(18)30;1-3-16-11(14)9(2)13-18(12,15)17-10-7-5-4-6-8-10;7-11(8,9)10-6-4-2-1-3-5-6;1-3-8-5(7)4(2)6/h5-9,11-12,14,16-17,19-20,31H,2,4,10H2,1,3H3,(H,29,33)(H2,25,26,27);4-9H,3H2,1-2H3,(H,13,15);1-5H;4H,3,6H2,1-2H3/t14-,16+,17?,19-,20+,37?;9-,18?;;4-/m11.1/s1. The number of hydrogen-bond donors (Lipinski definition) is 5. The number of aliphatic hydroxyl groups excluding tert-OH is 1. The number of alkyl halides is 1. The second kappa shape index (κ2) is 30.4. The van der Waals surface area contributed by atoms with Gasteiger partial charge in [-0.15, -0.1) is 0 Å². The van der Waals surface area contributed by atoms with Crippen molar-refractivity contribution in [2.75, 3.05) is 32.2 Å². The summed E-state index contributed by atoms with van der Waals surface area (Å²) >= 11 is 16.1. The molecule has 1 aliphatic rings. The summed E-state index contributed by atoms with van der Waals surface area (Å²) in [6.07, 6.45) is -4.20. The predicted octanol–water partition coefficient (Wildman–Crippen LogP) is 9.08. The number of rotatable bonds is 20. The number of nitrogens with two attached hydrogens (primary N) is 2. The maximum Gasteiger partial charge on any atom is 0.459 e. The summed E-state index contributed by atoms with van der Waals surface area (Å²) in [7, 11) is -4.21. The van der Waals surface area contributed by atoms with Crippen molar-refractivity contribution < 1.29 is 69.9 Å². The van der Waals surface area contributed by atoms with E-state index in [1.165, 1.54) is 31.1 Å². The van der Waals surface area contributed by atoms with Gasteiger partial charge in [0.1, 0.15) is 47.2 Å². The number of nitrogens with zero attached hydrogens (tertiary/aromatic N) is 4. The van der Waals surface area contributed by atoms with E-state index >= 15 is 4.39 Å². The van der Waals surface area contributed by atoms with Crippen LogP contribution in [0.15, 0.2) is 116 Å². The summed E-state index contributed by atoms with van der Waals surface area (Å²) in [5, 5.41) is 15.7. The second-order valence-corrected chi connectivity index (χ2v) is 23.9. The molecule has 0 saturated heterocycles. The number of esters is 3. The third-order valence-corrected chi connectivity index (χ3v) is 13.7. The molecule has 406 valence electrons. The zero-order valence-corrected chi connectivity index (χ0v) is 45.9. The van der Waals surface area contributed by atoms with E-state index < -0.39 is 81.6 Å². The number of imidazole rings is 1. The molecule has 2 aromatic heterocycles. The molecule has 1 fully saturated rings. The maximum atomic E-state index is 15.4. The number of para-hydroxylation sites is 3. The van der Waals surface area contributed by atoms with Crippen LogP contribution >= 0.6 is 54.4 Å². The molecule has 7 N–H and O–H groups in total. The fourth-order valence-corrected chi connectivity index (χ4v) is 10.2. The topological polar surface area (TPSA) is 307 Å². The van der Waals surface area contributed by atoms with E-state index in [-0.39, 0.29) is 47.5 Å². The van der Waals surface area contributed by atoms with Gasteiger partial charge in [-0.3, -0.25) is 18.9 Å². The molecule has 9 atom stereocenters. The number of ether oxygens (including phenoxy) is 3.